The summed E-state index contributed by atoms with van der Waals surface area (Å²) in [4.78, 5) is 4.22. The first-order chi connectivity index (χ1) is 13.5. The van der Waals surface area contributed by atoms with E-state index >= 15 is 0 Å². The van der Waals surface area contributed by atoms with Crippen molar-refractivity contribution >= 4 is 10.0 Å². The van der Waals surface area contributed by atoms with Gasteiger partial charge in [0.2, 0.25) is 10.0 Å². The topological polar surface area (TPSA) is 80.8 Å². The van der Waals surface area contributed by atoms with Gasteiger partial charge >= 0.3 is 0 Å². The number of nitrogens with zero attached hydrogens (tertiary/aromatic N) is 2. The molecule has 2 aliphatic heterocycles. The van der Waals surface area contributed by atoms with Crippen LogP contribution in [0.2, 0.25) is 0 Å². The molecule has 0 bridgehead atoms. The van der Waals surface area contributed by atoms with Crippen LogP contribution >= 0.6 is 0 Å². The van der Waals surface area contributed by atoms with Crippen LogP contribution in [0.1, 0.15) is 30.1 Å². The third-order valence-corrected chi connectivity index (χ3v) is 6.55. The number of nitrogens with one attached hydrogen (secondary N) is 1. The van der Waals surface area contributed by atoms with Gasteiger partial charge in [-0.05, 0) is 36.1 Å². The summed E-state index contributed by atoms with van der Waals surface area (Å²) in [7, 11) is -3.07. The van der Waals surface area contributed by atoms with Crippen molar-refractivity contribution in [3.63, 3.8) is 0 Å². The van der Waals surface area contributed by atoms with Gasteiger partial charge in [-0.25, -0.2) is 17.7 Å². The minimum Gasteiger partial charge on any atom is -0.484 e. The van der Waals surface area contributed by atoms with Gasteiger partial charge in [-0.2, -0.15) is 0 Å². The minimum absolute atomic E-state index is 0.162. The highest BCUT2D eigenvalue weighted by molar-refractivity contribution is 7.88. The number of hydrogen-bond donors (Lipinski definition) is 1. The van der Waals surface area contributed by atoms with Crippen LogP contribution in [-0.2, 0) is 16.6 Å². The highest BCUT2D eigenvalue weighted by atomic mass is 32.2. The highest BCUT2D eigenvalue weighted by Gasteiger charge is 2.25. The van der Waals surface area contributed by atoms with Crippen molar-refractivity contribution in [1.82, 2.24) is 14.6 Å². The molecule has 1 N–H and O–H groups in total. The Labute approximate surface area is 165 Å². The Morgan fingerprint density at radius 3 is 2.64 bits per heavy atom. The average molecular weight is 404 g/mol. The van der Waals surface area contributed by atoms with Crippen LogP contribution in [0.25, 0.3) is 0 Å². The quantitative estimate of drug-likeness (QED) is 0.824. The van der Waals surface area contributed by atoms with Gasteiger partial charge in [0.1, 0.15) is 6.61 Å². The Morgan fingerprint density at radius 2 is 1.93 bits per heavy atom. The van der Waals surface area contributed by atoms with Gasteiger partial charge in [0, 0.05) is 31.9 Å². The van der Waals surface area contributed by atoms with Gasteiger partial charge in [0.25, 0.3) is 5.88 Å². The molecule has 0 spiro atoms. The second-order valence-corrected chi connectivity index (χ2v) is 9.27. The first-order valence-electron chi connectivity index (χ1n) is 9.51. The van der Waals surface area contributed by atoms with Crippen molar-refractivity contribution in [2.45, 2.75) is 31.5 Å². The molecule has 28 heavy (non-hydrogen) atoms. The Hall–Kier alpha value is -2.16. The average Bonchev–Trinajstić information content (AvgIpc) is 2.72. The predicted molar refractivity (Wildman–Crippen MR) is 106 cm³/mol. The molecular weight excluding hydrogens is 378 g/mol. The third-order valence-electron chi connectivity index (χ3n) is 5.25. The molecule has 0 radical (unpaired) electrons. The Morgan fingerprint density at radius 1 is 1.18 bits per heavy atom. The van der Waals surface area contributed by atoms with E-state index in [0.717, 1.165) is 24.9 Å². The molecule has 150 valence electrons. The van der Waals surface area contributed by atoms with Crippen LogP contribution in [0.4, 0.5) is 0 Å². The summed E-state index contributed by atoms with van der Waals surface area (Å²) in [5.74, 6) is 1.21. The van der Waals surface area contributed by atoms with Gasteiger partial charge in [0.05, 0.1) is 6.26 Å². The lowest BCUT2D eigenvalue weighted by Gasteiger charge is -2.30. The second-order valence-electron chi connectivity index (χ2n) is 7.28. The standard InChI is InChI=1S/C20H25N3O4S/c1-28(24,25)23-11-8-17(9-12-23)22-13-15-4-6-16(7-5-15)19-14-26-18-3-2-10-21-20(18)27-19/h2-7,10,17,19,22H,8-9,11-14H2,1H3/t19-/m1/s1. The van der Waals surface area contributed by atoms with Gasteiger partial charge in [-0.1, -0.05) is 24.3 Å². The van der Waals surface area contributed by atoms with Gasteiger partial charge in [0.15, 0.2) is 11.9 Å². The zero-order valence-corrected chi connectivity index (χ0v) is 16.7. The van der Waals surface area contributed by atoms with E-state index in [1.54, 1.807) is 10.5 Å². The lowest BCUT2D eigenvalue weighted by Crippen LogP contribution is -2.44. The monoisotopic (exact) mass is 403 g/mol. The lowest BCUT2D eigenvalue weighted by molar-refractivity contribution is 0.0851. The summed E-state index contributed by atoms with van der Waals surface area (Å²) in [5.41, 5.74) is 2.24. The molecule has 1 aromatic carbocycles. The van der Waals surface area contributed by atoms with Crippen LogP contribution < -0.4 is 14.8 Å². The molecule has 1 aromatic heterocycles. The Bertz CT molecular complexity index is 909. The number of rotatable bonds is 5. The summed E-state index contributed by atoms with van der Waals surface area (Å²) < 4.78 is 36.4. The molecule has 2 aliphatic rings. The molecule has 4 rings (SSSR count). The van der Waals surface area contributed by atoms with E-state index < -0.39 is 10.0 Å². The van der Waals surface area contributed by atoms with Gasteiger partial charge < -0.3 is 14.8 Å². The summed E-state index contributed by atoms with van der Waals surface area (Å²) >= 11 is 0. The number of piperidine rings is 1. The molecule has 1 atom stereocenters. The SMILES string of the molecule is CS(=O)(=O)N1CCC(NCc2ccc([C@H]3COc4cccnc4O3)cc2)CC1. The fraction of sp³-hybridized carbons (Fsp3) is 0.450. The van der Waals surface area contributed by atoms with Crippen molar-refractivity contribution in [3.8, 4) is 11.6 Å². The van der Waals surface area contributed by atoms with E-state index in [1.165, 1.54) is 11.8 Å². The molecule has 3 heterocycles. The van der Waals surface area contributed by atoms with E-state index in [4.69, 9.17) is 9.47 Å². The van der Waals surface area contributed by atoms with Crippen LogP contribution in [0, 0.1) is 0 Å². The van der Waals surface area contributed by atoms with E-state index in [9.17, 15) is 8.42 Å². The van der Waals surface area contributed by atoms with Gasteiger partial charge in [-0.15, -0.1) is 0 Å². The first-order valence-corrected chi connectivity index (χ1v) is 11.4. The molecule has 0 amide bonds. The molecule has 0 saturated carbocycles. The normalized spacial score (nSPS) is 20.8. The number of hydrogen-bond acceptors (Lipinski definition) is 6. The molecular formula is C20H25N3O4S. The van der Waals surface area contributed by atoms with Crippen molar-refractivity contribution in [2.75, 3.05) is 26.0 Å². The van der Waals surface area contributed by atoms with Crippen molar-refractivity contribution in [2.24, 2.45) is 0 Å². The van der Waals surface area contributed by atoms with Gasteiger partial charge in [-0.3, -0.25) is 0 Å². The Balaban J connectivity index is 1.29. The maximum atomic E-state index is 11.6. The highest BCUT2D eigenvalue weighted by Crippen LogP contribution is 2.33. The van der Waals surface area contributed by atoms with Crippen LogP contribution in [-0.4, -0.2) is 49.7 Å². The number of aromatic nitrogens is 1. The van der Waals surface area contributed by atoms with Crippen LogP contribution in [0.3, 0.4) is 0 Å². The maximum Gasteiger partial charge on any atom is 0.257 e. The molecule has 8 heteroatoms. The van der Waals surface area contributed by atoms with Crippen molar-refractivity contribution in [1.29, 1.82) is 0 Å². The third kappa shape index (κ3) is 4.45. The number of sulfonamides is 1. The number of fused-ring (bicyclic) bond motifs is 1. The van der Waals surface area contributed by atoms with E-state index in [1.807, 2.05) is 12.1 Å². The van der Waals surface area contributed by atoms with Crippen molar-refractivity contribution < 1.29 is 17.9 Å². The fourth-order valence-electron chi connectivity index (χ4n) is 3.58. The summed E-state index contributed by atoms with van der Waals surface area (Å²) in [6, 6.07) is 12.3. The molecule has 7 nitrogen and oxygen atoms in total. The molecule has 0 aliphatic carbocycles. The molecule has 0 unspecified atom stereocenters. The maximum absolute atomic E-state index is 11.6. The first kappa shape index (κ1) is 19.2. The van der Waals surface area contributed by atoms with Crippen LogP contribution in [0.15, 0.2) is 42.6 Å². The number of ether oxygens (including phenoxy) is 2. The summed E-state index contributed by atoms with van der Waals surface area (Å²) in [6.45, 7) is 2.40. The minimum atomic E-state index is -3.07. The van der Waals surface area contributed by atoms with Crippen molar-refractivity contribution in [3.05, 3.63) is 53.7 Å². The number of pyridine rings is 1. The van der Waals surface area contributed by atoms with E-state index in [2.05, 4.69) is 34.6 Å². The predicted octanol–water partition coefficient (Wildman–Crippen LogP) is 2.11. The largest absolute Gasteiger partial charge is 0.484 e. The summed E-state index contributed by atoms with van der Waals surface area (Å²) in [5, 5.41) is 3.53. The molecule has 1 fully saturated rings. The van der Waals surface area contributed by atoms with Crippen LogP contribution in [0.5, 0.6) is 11.6 Å². The number of benzene rings is 1. The van der Waals surface area contributed by atoms with E-state index in [0.29, 0.717) is 37.4 Å². The van der Waals surface area contributed by atoms with E-state index in [-0.39, 0.29) is 6.10 Å². The molecule has 2 aromatic rings. The second kappa shape index (κ2) is 8.06. The molecule has 1 saturated heterocycles. The zero-order chi connectivity index (χ0) is 19.6. The Kier molecular flexibility index (Phi) is 5.52. The smallest absolute Gasteiger partial charge is 0.257 e. The zero-order valence-electron chi connectivity index (χ0n) is 15.9. The lowest BCUT2D eigenvalue weighted by atomic mass is 10.0. The summed E-state index contributed by atoms with van der Waals surface area (Å²) in [6.07, 6.45) is 4.48. The fourth-order valence-corrected chi connectivity index (χ4v) is 4.45.